The van der Waals surface area contributed by atoms with E-state index in [4.69, 9.17) is 0 Å². The topological polar surface area (TPSA) is 0 Å². The molecule has 2 unspecified atom stereocenters. The van der Waals surface area contributed by atoms with E-state index in [9.17, 15) is 0 Å². The molecule has 0 saturated carbocycles. The molecule has 0 aliphatic heterocycles. The summed E-state index contributed by atoms with van der Waals surface area (Å²) in [5.41, 5.74) is 0.855. The minimum absolute atomic E-state index is 0.183. The third-order valence-corrected chi connectivity index (χ3v) is 28.5. The van der Waals surface area contributed by atoms with Crippen molar-refractivity contribution in [3.05, 3.63) is 60.7 Å². The molecule has 0 amide bonds. The number of hydrogen-bond acceptors (Lipinski definition) is 0. The van der Waals surface area contributed by atoms with Crippen molar-refractivity contribution in [2.24, 2.45) is 0 Å². The molecule has 0 bridgehead atoms. The maximum Gasteiger partial charge on any atom is 0.0906 e. The minimum Gasteiger partial charge on any atom is -0.123 e. The molecule has 0 aromatic heterocycles. The summed E-state index contributed by atoms with van der Waals surface area (Å²) < 4.78 is 0. The Kier molecular flexibility index (Phi) is 5.77. The van der Waals surface area contributed by atoms with Crippen LogP contribution in [-0.2, 0) is 0 Å². The molecule has 2 atom stereocenters. The molecule has 2 aromatic carbocycles. The molecule has 0 heterocycles. The second kappa shape index (κ2) is 7.35. The quantitative estimate of drug-likeness (QED) is 0.586. The second-order valence-electron chi connectivity index (χ2n) is 5.71. The van der Waals surface area contributed by atoms with E-state index in [1.165, 1.54) is 0 Å². The highest BCUT2D eigenvalue weighted by Crippen LogP contribution is 2.46. The molecule has 2 rings (SSSR count). The summed E-state index contributed by atoms with van der Waals surface area (Å²) in [6.07, 6.45) is 0. The normalized spacial score (nSPS) is 15.8. The molecule has 0 N–H and O–H groups in total. The van der Waals surface area contributed by atoms with Crippen molar-refractivity contribution >= 4 is 34.3 Å². The molecular formula is C17H25PSi2. The maximum absolute atomic E-state index is 2.58. The van der Waals surface area contributed by atoms with E-state index in [2.05, 4.69) is 87.6 Å². The Hall–Kier alpha value is -0.696. The van der Waals surface area contributed by atoms with Gasteiger partial charge in [0.1, 0.15) is 0 Å². The standard InChI is InChI=1S/C17H25PSi2/c1-15(2)18(19(3)16-11-7-5-8-12-16)20(4)17-13-9-6-10-14-17/h5-15,19-20H,1-4H3. The average Bonchev–Trinajstić information content (AvgIpc) is 2.48. The summed E-state index contributed by atoms with van der Waals surface area (Å²) in [7, 11) is -1.49. The van der Waals surface area contributed by atoms with Gasteiger partial charge < -0.3 is 0 Å². The third kappa shape index (κ3) is 3.69. The first-order chi connectivity index (χ1) is 9.61. The monoisotopic (exact) mass is 316 g/mol. The van der Waals surface area contributed by atoms with Gasteiger partial charge in [-0.15, -0.1) is 7.02 Å². The van der Waals surface area contributed by atoms with Gasteiger partial charge in [-0.25, -0.2) is 0 Å². The third-order valence-electron chi connectivity index (χ3n) is 4.05. The second-order valence-corrected chi connectivity index (χ2v) is 21.7. The van der Waals surface area contributed by atoms with E-state index in [-0.39, 0.29) is 7.02 Å². The van der Waals surface area contributed by atoms with Crippen molar-refractivity contribution in [1.82, 2.24) is 0 Å². The zero-order valence-corrected chi connectivity index (χ0v) is 16.2. The van der Waals surface area contributed by atoms with E-state index in [1.807, 2.05) is 0 Å². The van der Waals surface area contributed by atoms with Gasteiger partial charge >= 0.3 is 0 Å². The molecule has 0 aliphatic rings. The Morgan fingerprint density at radius 1 is 0.700 bits per heavy atom. The molecule has 2 aromatic rings. The van der Waals surface area contributed by atoms with E-state index < -0.39 is 16.9 Å². The van der Waals surface area contributed by atoms with Crippen molar-refractivity contribution < 1.29 is 0 Å². The molecule has 0 saturated heterocycles. The highest BCUT2D eigenvalue weighted by atomic mass is 31.6. The van der Waals surface area contributed by atoms with E-state index >= 15 is 0 Å². The van der Waals surface area contributed by atoms with Crippen LogP contribution in [0.25, 0.3) is 0 Å². The first-order valence-electron chi connectivity index (χ1n) is 7.48. The molecule has 0 spiro atoms. The summed E-state index contributed by atoms with van der Waals surface area (Å²) in [6.45, 7) is 10.1. The fourth-order valence-electron chi connectivity index (χ4n) is 3.04. The summed E-state index contributed by atoms with van der Waals surface area (Å²) in [5.74, 6) is 0. The molecule has 0 fully saturated rings. The molecular weight excluding hydrogens is 291 g/mol. The van der Waals surface area contributed by atoms with Crippen molar-refractivity contribution in [2.45, 2.75) is 32.6 Å². The van der Waals surface area contributed by atoms with Crippen LogP contribution >= 0.6 is 7.02 Å². The van der Waals surface area contributed by atoms with Gasteiger partial charge in [0, 0.05) is 0 Å². The fourth-order valence-corrected chi connectivity index (χ4v) is 27.4. The Morgan fingerprint density at radius 3 is 1.35 bits per heavy atom. The Morgan fingerprint density at radius 2 is 1.05 bits per heavy atom. The van der Waals surface area contributed by atoms with Crippen molar-refractivity contribution in [1.29, 1.82) is 0 Å². The average molecular weight is 317 g/mol. The Balaban J connectivity index is 2.28. The van der Waals surface area contributed by atoms with Gasteiger partial charge in [-0.05, 0) is 5.66 Å². The van der Waals surface area contributed by atoms with Crippen LogP contribution in [0.5, 0.6) is 0 Å². The number of rotatable bonds is 5. The zero-order chi connectivity index (χ0) is 14.5. The van der Waals surface area contributed by atoms with Crippen LogP contribution in [0.15, 0.2) is 60.7 Å². The molecule has 0 aliphatic carbocycles. The van der Waals surface area contributed by atoms with Crippen molar-refractivity contribution in [3.63, 3.8) is 0 Å². The SMILES string of the molecule is CC(C)P([SiH](C)c1ccccc1)[SiH](C)c1ccccc1. The van der Waals surface area contributed by atoms with Crippen LogP contribution < -0.4 is 10.4 Å². The van der Waals surface area contributed by atoms with Crippen LogP contribution in [0.4, 0.5) is 0 Å². The Labute approximate surface area is 127 Å². The van der Waals surface area contributed by atoms with Crippen LogP contribution in [0.3, 0.4) is 0 Å². The highest BCUT2D eigenvalue weighted by molar-refractivity contribution is 8.15. The first kappa shape index (κ1) is 15.7. The van der Waals surface area contributed by atoms with Crippen LogP contribution in [0.2, 0.25) is 13.1 Å². The van der Waals surface area contributed by atoms with Gasteiger partial charge in [0.05, 0.1) is 16.9 Å². The van der Waals surface area contributed by atoms with Crippen molar-refractivity contribution in [3.8, 4) is 0 Å². The van der Waals surface area contributed by atoms with Crippen LogP contribution in [0.1, 0.15) is 13.8 Å². The Bertz CT molecular complexity index is 468. The fraction of sp³-hybridized carbons (Fsp3) is 0.294. The van der Waals surface area contributed by atoms with Crippen LogP contribution in [-0.4, -0.2) is 22.6 Å². The highest BCUT2D eigenvalue weighted by Gasteiger charge is 2.29. The van der Waals surface area contributed by atoms with E-state index in [0.717, 1.165) is 5.66 Å². The molecule has 20 heavy (non-hydrogen) atoms. The lowest BCUT2D eigenvalue weighted by atomic mass is 10.4. The summed E-state index contributed by atoms with van der Waals surface area (Å²) >= 11 is 0. The molecule has 106 valence electrons. The van der Waals surface area contributed by atoms with Gasteiger partial charge in [0.15, 0.2) is 0 Å². The maximum atomic E-state index is 2.58. The summed E-state index contributed by atoms with van der Waals surface area (Å²) in [6, 6.07) is 22.6. The minimum atomic E-state index is -0.834. The number of hydrogen-bond donors (Lipinski definition) is 0. The van der Waals surface area contributed by atoms with Gasteiger partial charge in [0.2, 0.25) is 0 Å². The first-order valence-corrected chi connectivity index (χ1v) is 15.6. The van der Waals surface area contributed by atoms with Gasteiger partial charge in [-0.2, -0.15) is 0 Å². The van der Waals surface area contributed by atoms with E-state index in [0.29, 0.717) is 0 Å². The number of benzene rings is 2. The zero-order valence-electron chi connectivity index (χ0n) is 13.0. The predicted octanol–water partition coefficient (Wildman–Crippen LogP) is 3.40. The summed E-state index contributed by atoms with van der Waals surface area (Å²) in [4.78, 5) is 0. The van der Waals surface area contributed by atoms with Crippen molar-refractivity contribution in [2.75, 3.05) is 0 Å². The van der Waals surface area contributed by atoms with E-state index in [1.54, 1.807) is 10.4 Å². The summed E-state index contributed by atoms with van der Waals surface area (Å²) in [5, 5.41) is 3.31. The lowest BCUT2D eigenvalue weighted by Gasteiger charge is -2.33. The van der Waals surface area contributed by atoms with Gasteiger partial charge in [0.25, 0.3) is 0 Å². The lowest BCUT2D eigenvalue weighted by molar-refractivity contribution is 1.11. The van der Waals surface area contributed by atoms with Gasteiger partial charge in [-0.1, -0.05) is 98.0 Å². The van der Waals surface area contributed by atoms with Crippen LogP contribution in [0, 0.1) is 0 Å². The van der Waals surface area contributed by atoms with Gasteiger partial charge in [-0.3, -0.25) is 0 Å². The smallest absolute Gasteiger partial charge is 0.0906 e. The molecule has 0 nitrogen and oxygen atoms in total. The molecule has 0 radical (unpaired) electrons. The molecule has 3 heteroatoms. The predicted molar refractivity (Wildman–Crippen MR) is 100 cm³/mol. The lowest BCUT2D eigenvalue weighted by Crippen LogP contribution is -2.38. The largest absolute Gasteiger partial charge is 0.123 e.